The lowest BCUT2D eigenvalue weighted by molar-refractivity contribution is 0.447. The first-order valence-electron chi connectivity index (χ1n) is 7.71. The zero-order valence-corrected chi connectivity index (χ0v) is 13.3. The van der Waals surface area contributed by atoms with E-state index < -0.39 is 0 Å². The van der Waals surface area contributed by atoms with Gasteiger partial charge in [0.15, 0.2) is 0 Å². The lowest BCUT2D eigenvalue weighted by Gasteiger charge is -2.25. The van der Waals surface area contributed by atoms with Gasteiger partial charge in [0.2, 0.25) is 0 Å². The highest BCUT2D eigenvalue weighted by Gasteiger charge is 2.40. The molecular formula is C19H19NOS. The average molecular weight is 309 g/mol. The van der Waals surface area contributed by atoms with Gasteiger partial charge in [0.25, 0.3) is 4.87 Å². The van der Waals surface area contributed by atoms with Crippen LogP contribution in [0.25, 0.3) is 4.85 Å². The molecule has 2 aromatic carbocycles. The lowest BCUT2D eigenvalue weighted by Crippen LogP contribution is -2.23. The first-order chi connectivity index (χ1) is 10.8. The summed E-state index contributed by atoms with van der Waals surface area (Å²) in [4.78, 5) is 4.73. The largest absolute Gasteiger partial charge is 0.456 e. The van der Waals surface area contributed by atoms with Gasteiger partial charge in [-0.2, -0.15) is 0 Å². The summed E-state index contributed by atoms with van der Waals surface area (Å²) >= 11 is 1.68. The van der Waals surface area contributed by atoms with Gasteiger partial charge in [-0.3, -0.25) is 4.85 Å². The van der Waals surface area contributed by atoms with Crippen molar-refractivity contribution in [1.29, 1.82) is 0 Å². The third kappa shape index (κ3) is 3.45. The van der Waals surface area contributed by atoms with Gasteiger partial charge in [0.1, 0.15) is 11.5 Å². The SMILES string of the molecule is [C-]#[N+]C1(Sc2ccccc2Oc2ccccc2)CCCCC1. The lowest BCUT2D eigenvalue weighted by atomic mass is 9.95. The van der Waals surface area contributed by atoms with Gasteiger partial charge in [0.05, 0.1) is 4.90 Å². The van der Waals surface area contributed by atoms with Crippen LogP contribution in [0.5, 0.6) is 11.5 Å². The average Bonchev–Trinajstić information content (AvgIpc) is 2.58. The van der Waals surface area contributed by atoms with Gasteiger partial charge in [-0.15, -0.1) is 0 Å². The van der Waals surface area contributed by atoms with E-state index in [9.17, 15) is 0 Å². The number of hydrogen-bond donors (Lipinski definition) is 0. The molecule has 1 fully saturated rings. The minimum absolute atomic E-state index is 0.311. The van der Waals surface area contributed by atoms with Gasteiger partial charge in [-0.25, -0.2) is 6.57 Å². The van der Waals surface area contributed by atoms with Crippen molar-refractivity contribution in [3.63, 3.8) is 0 Å². The molecule has 0 spiro atoms. The van der Waals surface area contributed by atoms with Crippen molar-refractivity contribution in [1.82, 2.24) is 0 Å². The summed E-state index contributed by atoms with van der Waals surface area (Å²) in [6.07, 6.45) is 5.50. The number of hydrogen-bond acceptors (Lipinski definition) is 2. The van der Waals surface area contributed by atoms with Crippen molar-refractivity contribution < 1.29 is 4.74 Å². The molecule has 0 aliphatic heterocycles. The van der Waals surface area contributed by atoms with Gasteiger partial charge in [-0.1, -0.05) is 36.8 Å². The fourth-order valence-corrected chi connectivity index (χ4v) is 4.08. The molecule has 0 amide bonds. The van der Waals surface area contributed by atoms with Crippen LogP contribution in [0.3, 0.4) is 0 Å². The zero-order chi connectivity index (χ0) is 15.3. The van der Waals surface area contributed by atoms with Crippen molar-refractivity contribution >= 4 is 11.8 Å². The van der Waals surface area contributed by atoms with E-state index >= 15 is 0 Å². The second kappa shape index (κ2) is 6.89. The predicted octanol–water partition coefficient (Wildman–Crippen LogP) is 6.15. The second-order valence-corrected chi connectivity index (χ2v) is 6.99. The minimum Gasteiger partial charge on any atom is -0.456 e. The maximum atomic E-state index is 7.65. The van der Waals surface area contributed by atoms with Crippen LogP contribution in [-0.2, 0) is 0 Å². The topological polar surface area (TPSA) is 13.6 Å². The Hall–Kier alpha value is -1.92. The van der Waals surface area contributed by atoms with Crippen LogP contribution in [0.1, 0.15) is 32.1 Å². The highest BCUT2D eigenvalue weighted by molar-refractivity contribution is 8.01. The van der Waals surface area contributed by atoms with Crippen LogP contribution in [-0.4, -0.2) is 4.87 Å². The molecule has 1 aliphatic carbocycles. The molecule has 2 aromatic rings. The number of rotatable bonds is 4. The quantitative estimate of drug-likeness (QED) is 0.628. The Morgan fingerprint density at radius 2 is 1.59 bits per heavy atom. The first-order valence-corrected chi connectivity index (χ1v) is 8.53. The summed E-state index contributed by atoms with van der Waals surface area (Å²) < 4.78 is 6.02. The molecule has 0 bridgehead atoms. The molecule has 22 heavy (non-hydrogen) atoms. The van der Waals surface area contributed by atoms with Crippen molar-refractivity contribution in [3.8, 4) is 11.5 Å². The third-order valence-corrected chi connectivity index (χ3v) is 5.40. The van der Waals surface area contributed by atoms with E-state index in [2.05, 4.69) is 10.9 Å². The van der Waals surface area contributed by atoms with Crippen LogP contribution in [0.2, 0.25) is 0 Å². The van der Waals surface area contributed by atoms with E-state index in [4.69, 9.17) is 11.3 Å². The predicted molar refractivity (Wildman–Crippen MR) is 91.2 cm³/mol. The van der Waals surface area contributed by atoms with E-state index in [0.717, 1.165) is 42.1 Å². The summed E-state index contributed by atoms with van der Waals surface area (Å²) in [5.74, 6) is 1.67. The summed E-state index contributed by atoms with van der Waals surface area (Å²) in [6, 6.07) is 17.8. The van der Waals surface area contributed by atoms with Crippen LogP contribution < -0.4 is 4.74 Å². The second-order valence-electron chi connectivity index (χ2n) is 5.58. The van der Waals surface area contributed by atoms with Gasteiger partial charge in [-0.05, 0) is 48.9 Å². The first kappa shape index (κ1) is 15.0. The normalized spacial score (nSPS) is 16.7. The molecule has 3 heteroatoms. The van der Waals surface area contributed by atoms with Gasteiger partial charge < -0.3 is 4.74 Å². The summed E-state index contributed by atoms with van der Waals surface area (Å²) in [5.41, 5.74) is 0. The van der Waals surface area contributed by atoms with E-state index in [1.165, 1.54) is 6.42 Å². The summed E-state index contributed by atoms with van der Waals surface area (Å²) in [7, 11) is 0. The van der Waals surface area contributed by atoms with Crippen molar-refractivity contribution in [3.05, 3.63) is 66.0 Å². The van der Waals surface area contributed by atoms with Crippen LogP contribution in [0.15, 0.2) is 59.5 Å². The highest BCUT2D eigenvalue weighted by Crippen LogP contribution is 2.48. The Morgan fingerprint density at radius 1 is 0.909 bits per heavy atom. The van der Waals surface area contributed by atoms with E-state index in [0.29, 0.717) is 0 Å². The van der Waals surface area contributed by atoms with E-state index in [1.807, 2.05) is 48.5 Å². The van der Waals surface area contributed by atoms with Crippen LogP contribution in [0, 0.1) is 6.57 Å². The van der Waals surface area contributed by atoms with Crippen molar-refractivity contribution in [2.24, 2.45) is 0 Å². The molecule has 1 aliphatic rings. The van der Waals surface area contributed by atoms with Crippen molar-refractivity contribution in [2.75, 3.05) is 0 Å². The molecule has 1 saturated carbocycles. The molecule has 0 atom stereocenters. The standard InChI is InChI=1S/C19H19NOS/c1-20-19(14-8-3-9-15-19)22-18-13-7-6-12-17(18)21-16-10-4-2-5-11-16/h2,4-7,10-13H,3,8-9,14-15H2. The highest BCUT2D eigenvalue weighted by atomic mass is 32.2. The molecule has 0 radical (unpaired) electrons. The molecule has 0 saturated heterocycles. The molecule has 112 valence electrons. The summed E-state index contributed by atoms with van der Waals surface area (Å²) in [5, 5.41) is 0. The fourth-order valence-electron chi connectivity index (χ4n) is 2.78. The van der Waals surface area contributed by atoms with Crippen LogP contribution in [0.4, 0.5) is 0 Å². The Labute approximate surface area is 136 Å². The molecular weight excluding hydrogens is 290 g/mol. The number of para-hydroxylation sites is 2. The molecule has 0 aromatic heterocycles. The monoisotopic (exact) mass is 309 g/mol. The Morgan fingerprint density at radius 3 is 2.32 bits per heavy atom. The smallest absolute Gasteiger partial charge is 0.282 e. The van der Waals surface area contributed by atoms with Crippen molar-refractivity contribution in [2.45, 2.75) is 41.9 Å². The van der Waals surface area contributed by atoms with Crippen LogP contribution >= 0.6 is 11.8 Å². The van der Waals surface area contributed by atoms with Gasteiger partial charge in [0, 0.05) is 12.8 Å². The zero-order valence-electron chi connectivity index (χ0n) is 12.5. The Balaban J connectivity index is 1.83. The molecule has 0 unspecified atom stereocenters. The van der Waals surface area contributed by atoms with E-state index in [1.54, 1.807) is 11.8 Å². The Bertz CT molecular complexity index is 657. The summed E-state index contributed by atoms with van der Waals surface area (Å²) in [6.45, 7) is 7.65. The molecule has 3 rings (SSSR count). The molecule has 2 nitrogen and oxygen atoms in total. The third-order valence-electron chi connectivity index (χ3n) is 3.96. The maximum Gasteiger partial charge on any atom is 0.282 e. The van der Waals surface area contributed by atoms with E-state index in [-0.39, 0.29) is 4.87 Å². The fraction of sp³-hybridized carbons (Fsp3) is 0.316. The molecule has 0 N–H and O–H groups in total. The van der Waals surface area contributed by atoms with Gasteiger partial charge >= 0.3 is 0 Å². The maximum absolute atomic E-state index is 7.65. The molecule has 0 heterocycles. The number of ether oxygens (including phenoxy) is 1. The number of thioether (sulfide) groups is 1. The number of benzene rings is 2. The minimum atomic E-state index is -0.311. The number of nitrogens with zero attached hydrogens (tertiary/aromatic N) is 1. The Kier molecular flexibility index (Phi) is 4.70.